The molecule has 0 aromatic carbocycles. The molecule has 1 aliphatic heterocycles. The Morgan fingerprint density at radius 3 is 2.80 bits per heavy atom. The minimum atomic E-state index is -0.536. The second-order valence-electron chi connectivity index (χ2n) is 4.62. The molecule has 1 saturated heterocycles. The quantitative estimate of drug-likeness (QED) is 0.465. The smallest absolute Gasteiger partial charge is 0.307 e. The Labute approximate surface area is 115 Å². The van der Waals surface area contributed by atoms with Crippen LogP contribution < -0.4 is 4.90 Å². The van der Waals surface area contributed by atoms with E-state index in [1.165, 1.54) is 19.5 Å². The van der Waals surface area contributed by atoms with Gasteiger partial charge in [-0.15, -0.1) is 0 Å². The van der Waals surface area contributed by atoms with E-state index in [0.29, 0.717) is 5.95 Å². The molecule has 2 rings (SSSR count). The van der Waals surface area contributed by atoms with Crippen LogP contribution in [-0.4, -0.2) is 40.6 Å². The molecule has 0 amide bonds. The fourth-order valence-electron chi connectivity index (χ4n) is 2.31. The van der Waals surface area contributed by atoms with Crippen LogP contribution in [-0.2, 0) is 9.53 Å². The average molecular weight is 280 g/mol. The second kappa shape index (κ2) is 6.27. The fraction of sp³-hybridized carbons (Fsp3) is 0.583. The zero-order chi connectivity index (χ0) is 14.5. The van der Waals surface area contributed by atoms with Gasteiger partial charge in [-0.3, -0.25) is 14.9 Å². The van der Waals surface area contributed by atoms with E-state index in [0.717, 1.165) is 25.8 Å². The van der Waals surface area contributed by atoms with Gasteiger partial charge >= 0.3 is 11.7 Å². The summed E-state index contributed by atoms with van der Waals surface area (Å²) in [5.41, 5.74) is -0.143. The zero-order valence-electron chi connectivity index (χ0n) is 11.2. The third-order valence-corrected chi connectivity index (χ3v) is 3.35. The molecular weight excluding hydrogens is 264 g/mol. The number of carbonyl (C=O) groups excluding carboxylic acids is 1. The van der Waals surface area contributed by atoms with Gasteiger partial charge in [0.25, 0.3) is 0 Å². The maximum Gasteiger partial charge on any atom is 0.307 e. The number of anilines is 1. The number of aromatic nitrogens is 2. The summed E-state index contributed by atoms with van der Waals surface area (Å²) < 4.78 is 4.69. The first-order chi connectivity index (χ1) is 9.61. The highest BCUT2D eigenvalue weighted by Gasteiger charge is 2.27. The number of carbonyl (C=O) groups is 1. The SMILES string of the molecule is COC(=O)CC1CCCCN1c1ncc([N+](=O)[O-])cn1. The van der Waals surface area contributed by atoms with Gasteiger partial charge in [-0.25, -0.2) is 9.97 Å². The van der Waals surface area contributed by atoms with Gasteiger partial charge in [0.1, 0.15) is 12.4 Å². The van der Waals surface area contributed by atoms with Gasteiger partial charge in [0.15, 0.2) is 0 Å². The van der Waals surface area contributed by atoms with Gasteiger partial charge in [0, 0.05) is 12.6 Å². The summed E-state index contributed by atoms with van der Waals surface area (Å²) in [5.74, 6) is 0.146. The van der Waals surface area contributed by atoms with Crippen LogP contribution in [0.4, 0.5) is 11.6 Å². The van der Waals surface area contributed by atoms with E-state index in [2.05, 4.69) is 9.97 Å². The summed E-state index contributed by atoms with van der Waals surface area (Å²) in [7, 11) is 1.36. The van der Waals surface area contributed by atoms with Crippen LogP contribution in [0.1, 0.15) is 25.7 Å². The molecule has 0 N–H and O–H groups in total. The van der Waals surface area contributed by atoms with Crippen molar-refractivity contribution in [1.82, 2.24) is 9.97 Å². The third kappa shape index (κ3) is 3.19. The summed E-state index contributed by atoms with van der Waals surface area (Å²) in [4.78, 5) is 31.5. The molecule has 2 heterocycles. The Morgan fingerprint density at radius 1 is 1.50 bits per heavy atom. The lowest BCUT2D eigenvalue weighted by Crippen LogP contribution is -2.42. The number of nitrogens with zero attached hydrogens (tertiary/aromatic N) is 4. The molecule has 1 aliphatic rings. The Balaban J connectivity index is 2.14. The van der Waals surface area contributed by atoms with Gasteiger partial charge in [0.05, 0.1) is 18.5 Å². The highest BCUT2D eigenvalue weighted by molar-refractivity contribution is 5.70. The molecule has 8 nitrogen and oxygen atoms in total. The van der Waals surface area contributed by atoms with Crippen molar-refractivity contribution >= 4 is 17.6 Å². The third-order valence-electron chi connectivity index (χ3n) is 3.35. The van der Waals surface area contributed by atoms with Crippen molar-refractivity contribution in [2.24, 2.45) is 0 Å². The summed E-state index contributed by atoms with van der Waals surface area (Å²) in [6.45, 7) is 0.736. The summed E-state index contributed by atoms with van der Waals surface area (Å²) in [5, 5.41) is 10.6. The lowest BCUT2D eigenvalue weighted by atomic mass is 10.00. The molecule has 0 bridgehead atoms. The molecule has 1 atom stereocenters. The predicted molar refractivity (Wildman–Crippen MR) is 70.3 cm³/mol. The molecule has 1 unspecified atom stereocenters. The molecule has 0 spiro atoms. The van der Waals surface area contributed by atoms with Gasteiger partial charge in [-0.2, -0.15) is 0 Å². The maximum atomic E-state index is 11.4. The monoisotopic (exact) mass is 280 g/mol. The van der Waals surface area contributed by atoms with E-state index in [1.54, 1.807) is 0 Å². The van der Waals surface area contributed by atoms with E-state index in [9.17, 15) is 14.9 Å². The molecule has 8 heteroatoms. The van der Waals surface area contributed by atoms with Crippen LogP contribution in [0, 0.1) is 10.1 Å². The van der Waals surface area contributed by atoms with Gasteiger partial charge < -0.3 is 9.64 Å². The lowest BCUT2D eigenvalue weighted by Gasteiger charge is -2.35. The van der Waals surface area contributed by atoms with Crippen molar-refractivity contribution in [3.63, 3.8) is 0 Å². The van der Waals surface area contributed by atoms with E-state index in [-0.39, 0.29) is 24.1 Å². The standard InChI is InChI=1S/C12H16N4O4/c1-20-11(17)6-9-4-2-3-5-15(9)12-13-7-10(8-14-12)16(18)19/h7-9H,2-6H2,1H3. The molecule has 0 radical (unpaired) electrons. The van der Waals surface area contributed by atoms with Crippen LogP contribution in [0.2, 0.25) is 0 Å². The Bertz CT molecular complexity index is 491. The van der Waals surface area contributed by atoms with Crippen molar-refractivity contribution in [3.8, 4) is 0 Å². The number of rotatable bonds is 4. The number of piperidine rings is 1. The number of esters is 1. The minimum Gasteiger partial charge on any atom is -0.469 e. The molecule has 1 aromatic heterocycles. The zero-order valence-corrected chi connectivity index (χ0v) is 11.2. The van der Waals surface area contributed by atoms with Gasteiger partial charge in [-0.05, 0) is 19.3 Å². The summed E-state index contributed by atoms with van der Waals surface area (Å²) >= 11 is 0. The molecule has 1 fully saturated rings. The van der Waals surface area contributed by atoms with E-state index >= 15 is 0 Å². The highest BCUT2D eigenvalue weighted by Crippen LogP contribution is 2.24. The molecular formula is C12H16N4O4. The number of hydrogen-bond donors (Lipinski definition) is 0. The van der Waals surface area contributed by atoms with Gasteiger partial charge in [0.2, 0.25) is 5.95 Å². The number of methoxy groups -OCH3 is 1. The molecule has 20 heavy (non-hydrogen) atoms. The Morgan fingerprint density at radius 2 is 2.20 bits per heavy atom. The van der Waals surface area contributed by atoms with Crippen molar-refractivity contribution in [1.29, 1.82) is 0 Å². The number of hydrogen-bond acceptors (Lipinski definition) is 7. The Kier molecular flexibility index (Phi) is 4.44. The molecule has 1 aromatic rings. The second-order valence-corrected chi connectivity index (χ2v) is 4.62. The Hall–Kier alpha value is -2.25. The average Bonchev–Trinajstić information content (AvgIpc) is 2.48. The van der Waals surface area contributed by atoms with Gasteiger partial charge in [-0.1, -0.05) is 0 Å². The van der Waals surface area contributed by atoms with E-state index < -0.39 is 4.92 Å². The lowest BCUT2D eigenvalue weighted by molar-refractivity contribution is -0.385. The maximum absolute atomic E-state index is 11.4. The summed E-state index contributed by atoms with van der Waals surface area (Å²) in [6, 6.07) is -0.0161. The topological polar surface area (TPSA) is 98.5 Å². The molecule has 108 valence electrons. The first kappa shape index (κ1) is 14.2. The van der Waals surface area contributed by atoms with Crippen LogP contribution in [0.3, 0.4) is 0 Å². The van der Waals surface area contributed by atoms with E-state index in [4.69, 9.17) is 4.74 Å². The van der Waals surface area contributed by atoms with Crippen molar-refractivity contribution in [2.45, 2.75) is 31.7 Å². The number of nitro groups is 1. The van der Waals surface area contributed by atoms with Crippen LogP contribution in [0.5, 0.6) is 0 Å². The van der Waals surface area contributed by atoms with Crippen molar-refractivity contribution < 1.29 is 14.5 Å². The van der Waals surface area contributed by atoms with Crippen molar-refractivity contribution in [2.75, 3.05) is 18.6 Å². The first-order valence-electron chi connectivity index (χ1n) is 6.41. The van der Waals surface area contributed by atoms with Crippen LogP contribution in [0.15, 0.2) is 12.4 Å². The minimum absolute atomic E-state index is 0.0161. The highest BCUT2D eigenvalue weighted by atomic mass is 16.6. The molecule has 0 aliphatic carbocycles. The van der Waals surface area contributed by atoms with E-state index in [1.807, 2.05) is 4.90 Å². The largest absolute Gasteiger partial charge is 0.469 e. The van der Waals surface area contributed by atoms with Crippen LogP contribution >= 0.6 is 0 Å². The predicted octanol–water partition coefficient (Wildman–Crippen LogP) is 1.31. The normalized spacial score (nSPS) is 18.6. The first-order valence-corrected chi connectivity index (χ1v) is 6.41. The summed E-state index contributed by atoms with van der Waals surface area (Å²) in [6.07, 6.45) is 5.52. The van der Waals surface area contributed by atoms with Crippen molar-refractivity contribution in [3.05, 3.63) is 22.5 Å². The number of ether oxygens (including phenoxy) is 1. The van der Waals surface area contributed by atoms with Crippen LogP contribution in [0.25, 0.3) is 0 Å². The fourth-order valence-corrected chi connectivity index (χ4v) is 2.31. The molecule has 0 saturated carbocycles.